The Morgan fingerprint density at radius 3 is 2.00 bits per heavy atom. The van der Waals surface area contributed by atoms with Gasteiger partial charge < -0.3 is 5.32 Å². The summed E-state index contributed by atoms with van der Waals surface area (Å²) in [6, 6.07) is 2.31. The van der Waals surface area contributed by atoms with Crippen molar-refractivity contribution in [1.82, 2.24) is 5.32 Å². The van der Waals surface area contributed by atoms with Crippen LogP contribution in [0.4, 0.5) is 0 Å². The number of hydrogen-bond acceptors (Lipinski definition) is 1. The summed E-state index contributed by atoms with van der Waals surface area (Å²) in [7, 11) is 0. The quantitative estimate of drug-likeness (QED) is 0.779. The van der Waals surface area contributed by atoms with Gasteiger partial charge in [0.05, 0.1) is 0 Å². The van der Waals surface area contributed by atoms with E-state index in [1.807, 2.05) is 0 Å². The summed E-state index contributed by atoms with van der Waals surface area (Å²) < 4.78 is 0. The molecule has 1 heterocycles. The molecule has 0 bridgehead atoms. The molecule has 1 nitrogen and oxygen atoms in total. The molecule has 0 spiro atoms. The third-order valence-corrected chi connectivity index (χ3v) is 3.88. The molecule has 0 radical (unpaired) electrons. The molecular formula is C14H21N. The van der Waals surface area contributed by atoms with E-state index >= 15 is 0 Å². The second-order valence-corrected chi connectivity index (χ2v) is 4.97. The first-order chi connectivity index (χ1) is 7.09. The maximum atomic E-state index is 3.35. The SMILES string of the molecule is Cc1cc(C)c(C)c(CC2CNC2)c1C. The van der Waals surface area contributed by atoms with E-state index < -0.39 is 0 Å². The van der Waals surface area contributed by atoms with Gasteiger partial charge in [-0.1, -0.05) is 6.07 Å². The summed E-state index contributed by atoms with van der Waals surface area (Å²) >= 11 is 0. The molecule has 1 aliphatic heterocycles. The van der Waals surface area contributed by atoms with Crippen LogP contribution in [0.15, 0.2) is 6.07 Å². The fourth-order valence-corrected chi connectivity index (χ4v) is 2.39. The van der Waals surface area contributed by atoms with Gasteiger partial charge in [0.2, 0.25) is 0 Å². The van der Waals surface area contributed by atoms with E-state index in [9.17, 15) is 0 Å². The first kappa shape index (κ1) is 10.7. The summed E-state index contributed by atoms with van der Waals surface area (Å²) in [5.74, 6) is 0.864. The van der Waals surface area contributed by atoms with Crippen LogP contribution in [-0.4, -0.2) is 13.1 Å². The van der Waals surface area contributed by atoms with Gasteiger partial charge in [-0.3, -0.25) is 0 Å². The molecule has 2 rings (SSSR count). The van der Waals surface area contributed by atoms with E-state index in [2.05, 4.69) is 39.1 Å². The lowest BCUT2D eigenvalue weighted by molar-refractivity contribution is 0.345. The van der Waals surface area contributed by atoms with E-state index in [1.165, 1.54) is 41.8 Å². The summed E-state index contributed by atoms with van der Waals surface area (Å²) in [6.07, 6.45) is 1.26. The highest BCUT2D eigenvalue weighted by molar-refractivity contribution is 5.44. The first-order valence-corrected chi connectivity index (χ1v) is 5.86. The van der Waals surface area contributed by atoms with Crippen molar-refractivity contribution in [2.45, 2.75) is 34.1 Å². The summed E-state index contributed by atoms with van der Waals surface area (Å²) in [6.45, 7) is 11.4. The maximum Gasteiger partial charge on any atom is -0.000506 e. The Morgan fingerprint density at radius 1 is 1.07 bits per heavy atom. The van der Waals surface area contributed by atoms with Crippen LogP contribution in [-0.2, 0) is 6.42 Å². The van der Waals surface area contributed by atoms with Gasteiger partial charge in [-0.05, 0) is 80.9 Å². The van der Waals surface area contributed by atoms with Crippen LogP contribution in [0.3, 0.4) is 0 Å². The van der Waals surface area contributed by atoms with Gasteiger partial charge in [0.15, 0.2) is 0 Å². The van der Waals surface area contributed by atoms with Gasteiger partial charge in [0, 0.05) is 0 Å². The molecule has 0 unspecified atom stereocenters. The molecule has 0 saturated carbocycles. The number of hydrogen-bond donors (Lipinski definition) is 1. The Balaban J connectivity index is 2.34. The van der Waals surface area contributed by atoms with Crippen molar-refractivity contribution < 1.29 is 0 Å². The summed E-state index contributed by atoms with van der Waals surface area (Å²) in [4.78, 5) is 0. The standard InChI is InChI=1S/C14H21N/c1-9-5-10(2)12(4)14(11(9)3)6-13-7-15-8-13/h5,13,15H,6-8H2,1-4H3. The van der Waals surface area contributed by atoms with Crippen LogP contribution in [0.25, 0.3) is 0 Å². The number of rotatable bonds is 2. The van der Waals surface area contributed by atoms with E-state index in [1.54, 1.807) is 5.56 Å². The zero-order chi connectivity index (χ0) is 11.0. The predicted molar refractivity (Wildman–Crippen MR) is 65.5 cm³/mol. The molecule has 1 heteroatoms. The molecule has 0 aliphatic carbocycles. The van der Waals surface area contributed by atoms with Gasteiger partial charge in [0.1, 0.15) is 0 Å². The molecule has 1 aliphatic rings. The van der Waals surface area contributed by atoms with Gasteiger partial charge in [0.25, 0.3) is 0 Å². The van der Waals surface area contributed by atoms with Gasteiger partial charge in [-0.2, -0.15) is 0 Å². The predicted octanol–water partition coefficient (Wildman–Crippen LogP) is 2.68. The van der Waals surface area contributed by atoms with E-state index in [0.717, 1.165) is 5.92 Å². The van der Waals surface area contributed by atoms with Crippen molar-refractivity contribution >= 4 is 0 Å². The molecule has 1 saturated heterocycles. The fraction of sp³-hybridized carbons (Fsp3) is 0.571. The molecule has 82 valence electrons. The van der Waals surface area contributed by atoms with Gasteiger partial charge in [-0.15, -0.1) is 0 Å². The highest BCUT2D eigenvalue weighted by Gasteiger charge is 2.19. The average Bonchev–Trinajstić information content (AvgIpc) is 2.12. The largest absolute Gasteiger partial charge is 0.316 e. The normalized spacial score (nSPS) is 16.5. The van der Waals surface area contributed by atoms with Crippen molar-refractivity contribution in [3.8, 4) is 0 Å². The van der Waals surface area contributed by atoms with Crippen molar-refractivity contribution in [3.63, 3.8) is 0 Å². The first-order valence-electron chi connectivity index (χ1n) is 5.86. The zero-order valence-electron chi connectivity index (χ0n) is 10.3. The van der Waals surface area contributed by atoms with Crippen LogP contribution in [0.1, 0.15) is 27.8 Å². The van der Waals surface area contributed by atoms with Crippen molar-refractivity contribution in [3.05, 3.63) is 33.9 Å². The Labute approximate surface area is 92.9 Å². The second-order valence-electron chi connectivity index (χ2n) is 4.97. The Morgan fingerprint density at radius 2 is 1.60 bits per heavy atom. The number of nitrogens with one attached hydrogen (secondary N) is 1. The van der Waals surface area contributed by atoms with Crippen LogP contribution in [0, 0.1) is 33.6 Å². The number of benzene rings is 1. The number of aryl methyl sites for hydroxylation is 2. The van der Waals surface area contributed by atoms with Crippen molar-refractivity contribution in [1.29, 1.82) is 0 Å². The Kier molecular flexibility index (Phi) is 2.83. The second kappa shape index (κ2) is 3.97. The molecule has 15 heavy (non-hydrogen) atoms. The highest BCUT2D eigenvalue weighted by Crippen LogP contribution is 2.25. The molecule has 0 atom stereocenters. The van der Waals surface area contributed by atoms with Crippen molar-refractivity contribution in [2.24, 2.45) is 5.92 Å². The van der Waals surface area contributed by atoms with Crippen LogP contribution < -0.4 is 5.32 Å². The Hall–Kier alpha value is -0.820. The average molecular weight is 203 g/mol. The highest BCUT2D eigenvalue weighted by atomic mass is 14.9. The van der Waals surface area contributed by atoms with E-state index in [-0.39, 0.29) is 0 Å². The molecule has 1 aromatic carbocycles. The fourth-order valence-electron chi connectivity index (χ4n) is 2.39. The molecule has 1 aromatic rings. The van der Waals surface area contributed by atoms with Crippen LogP contribution in [0.2, 0.25) is 0 Å². The van der Waals surface area contributed by atoms with E-state index in [0.29, 0.717) is 0 Å². The van der Waals surface area contributed by atoms with Crippen LogP contribution in [0.5, 0.6) is 0 Å². The van der Waals surface area contributed by atoms with Gasteiger partial charge >= 0.3 is 0 Å². The molecule has 1 fully saturated rings. The minimum atomic E-state index is 0.864. The zero-order valence-corrected chi connectivity index (χ0v) is 10.3. The van der Waals surface area contributed by atoms with Crippen LogP contribution >= 0.6 is 0 Å². The molecule has 1 N–H and O–H groups in total. The minimum Gasteiger partial charge on any atom is -0.316 e. The topological polar surface area (TPSA) is 12.0 Å². The van der Waals surface area contributed by atoms with Crippen molar-refractivity contribution in [2.75, 3.05) is 13.1 Å². The van der Waals surface area contributed by atoms with E-state index in [4.69, 9.17) is 0 Å². The third-order valence-electron chi connectivity index (χ3n) is 3.88. The van der Waals surface area contributed by atoms with Gasteiger partial charge in [-0.25, -0.2) is 0 Å². The lowest BCUT2D eigenvalue weighted by Gasteiger charge is -2.29. The lowest BCUT2D eigenvalue weighted by Crippen LogP contribution is -2.43. The lowest BCUT2D eigenvalue weighted by atomic mass is 9.86. The Bertz CT molecular complexity index is 349. The minimum absolute atomic E-state index is 0.864. The molecule has 0 amide bonds. The molecule has 0 aromatic heterocycles. The maximum absolute atomic E-state index is 3.35. The summed E-state index contributed by atoms with van der Waals surface area (Å²) in [5, 5.41) is 3.35. The molecular weight excluding hydrogens is 182 g/mol. The smallest absolute Gasteiger partial charge is 0.000506 e. The third kappa shape index (κ3) is 1.93. The summed E-state index contributed by atoms with van der Waals surface area (Å²) in [5.41, 5.74) is 7.50. The monoisotopic (exact) mass is 203 g/mol.